The number of aromatic nitrogens is 1. The minimum Gasteiger partial charge on any atom is -0.353 e. The van der Waals surface area contributed by atoms with Gasteiger partial charge in [0.1, 0.15) is 5.82 Å². The first-order valence-electron chi connectivity index (χ1n) is 8.04. The highest BCUT2D eigenvalue weighted by atomic mass is 15.2. The summed E-state index contributed by atoms with van der Waals surface area (Å²) >= 11 is 0. The second-order valence-electron chi connectivity index (χ2n) is 6.44. The van der Waals surface area contributed by atoms with Crippen LogP contribution in [0.25, 0.3) is 0 Å². The van der Waals surface area contributed by atoms with E-state index in [0.717, 1.165) is 25.7 Å². The molecule has 1 heterocycles. The molecule has 0 radical (unpaired) electrons. The van der Waals surface area contributed by atoms with E-state index in [1.54, 1.807) is 0 Å². The molecule has 0 spiro atoms. The average Bonchev–Trinajstić information content (AvgIpc) is 3.21. The van der Waals surface area contributed by atoms with E-state index < -0.39 is 0 Å². The Morgan fingerprint density at radius 2 is 2.15 bits per heavy atom. The fraction of sp³-hybridized carbons (Fsp3) is 0.706. The van der Waals surface area contributed by atoms with Crippen molar-refractivity contribution in [3.63, 3.8) is 0 Å². The lowest BCUT2D eigenvalue weighted by Crippen LogP contribution is -2.31. The van der Waals surface area contributed by atoms with Gasteiger partial charge in [0, 0.05) is 25.3 Å². The van der Waals surface area contributed by atoms with E-state index in [9.17, 15) is 0 Å². The van der Waals surface area contributed by atoms with Crippen LogP contribution in [-0.4, -0.2) is 24.1 Å². The molecular formula is C17H29N3. The minimum atomic E-state index is 0.683. The molecule has 0 amide bonds. The number of nitrogens with zero attached hydrogens (tertiary/aromatic N) is 2. The Morgan fingerprint density at radius 3 is 2.70 bits per heavy atom. The molecule has 0 saturated heterocycles. The molecule has 0 bridgehead atoms. The van der Waals surface area contributed by atoms with Gasteiger partial charge in [-0.1, -0.05) is 20.8 Å². The Bertz CT molecular complexity index is 424. The van der Waals surface area contributed by atoms with Crippen molar-refractivity contribution in [3.8, 4) is 0 Å². The maximum atomic E-state index is 4.76. The number of hydrogen-bond donors (Lipinski definition) is 1. The molecule has 0 aromatic carbocycles. The van der Waals surface area contributed by atoms with Crippen LogP contribution in [0, 0.1) is 12.8 Å². The molecule has 20 heavy (non-hydrogen) atoms. The Kier molecular flexibility index (Phi) is 5.41. The second-order valence-corrected chi connectivity index (χ2v) is 6.44. The Hall–Kier alpha value is -1.09. The van der Waals surface area contributed by atoms with Gasteiger partial charge in [0.15, 0.2) is 0 Å². The molecule has 2 rings (SSSR count). The van der Waals surface area contributed by atoms with Crippen LogP contribution in [0.5, 0.6) is 0 Å². The van der Waals surface area contributed by atoms with Gasteiger partial charge in [-0.05, 0) is 55.8 Å². The van der Waals surface area contributed by atoms with Crippen molar-refractivity contribution in [1.29, 1.82) is 0 Å². The molecule has 1 aliphatic carbocycles. The van der Waals surface area contributed by atoms with E-state index in [4.69, 9.17) is 4.98 Å². The van der Waals surface area contributed by atoms with E-state index in [0.29, 0.717) is 5.92 Å². The number of nitrogens with one attached hydrogen (secondary N) is 1. The van der Waals surface area contributed by atoms with Crippen LogP contribution in [0.1, 0.15) is 51.2 Å². The Balaban J connectivity index is 2.06. The summed E-state index contributed by atoms with van der Waals surface area (Å²) in [4.78, 5) is 7.27. The lowest BCUT2D eigenvalue weighted by atomic mass is 10.1. The first kappa shape index (κ1) is 15.3. The Morgan fingerprint density at radius 1 is 1.40 bits per heavy atom. The van der Waals surface area contributed by atoms with Crippen LogP contribution in [-0.2, 0) is 6.54 Å². The van der Waals surface area contributed by atoms with Crippen molar-refractivity contribution in [2.45, 2.75) is 59.5 Å². The van der Waals surface area contributed by atoms with Crippen molar-refractivity contribution in [2.75, 3.05) is 18.0 Å². The number of aryl methyl sites for hydroxylation is 1. The molecule has 1 aromatic rings. The average molecular weight is 275 g/mol. The third-order valence-corrected chi connectivity index (χ3v) is 3.68. The SMILES string of the molecule is CCCNCc1cnc(N(CC(C)C)C2CC2)c(C)c1. The highest BCUT2D eigenvalue weighted by Gasteiger charge is 2.31. The zero-order valence-corrected chi connectivity index (χ0v) is 13.4. The quantitative estimate of drug-likeness (QED) is 0.736. The van der Waals surface area contributed by atoms with Crippen LogP contribution < -0.4 is 10.2 Å². The topological polar surface area (TPSA) is 28.2 Å². The molecule has 0 atom stereocenters. The maximum absolute atomic E-state index is 4.76. The molecule has 1 aliphatic rings. The van der Waals surface area contributed by atoms with E-state index in [1.165, 1.54) is 36.2 Å². The largest absolute Gasteiger partial charge is 0.353 e. The normalized spacial score (nSPS) is 14.8. The molecule has 0 unspecified atom stereocenters. The van der Waals surface area contributed by atoms with Crippen LogP contribution in [0.3, 0.4) is 0 Å². The summed E-state index contributed by atoms with van der Waals surface area (Å²) in [7, 11) is 0. The minimum absolute atomic E-state index is 0.683. The third kappa shape index (κ3) is 4.20. The van der Waals surface area contributed by atoms with Crippen molar-refractivity contribution < 1.29 is 0 Å². The zero-order valence-electron chi connectivity index (χ0n) is 13.4. The number of hydrogen-bond acceptors (Lipinski definition) is 3. The number of anilines is 1. The third-order valence-electron chi connectivity index (χ3n) is 3.68. The standard InChI is InChI=1S/C17H29N3/c1-5-8-18-10-15-9-14(4)17(19-11-15)20(12-13(2)3)16-6-7-16/h9,11,13,16,18H,5-8,10,12H2,1-4H3. The predicted octanol–water partition coefficient (Wildman–Crippen LogP) is 3.51. The molecule has 1 saturated carbocycles. The van der Waals surface area contributed by atoms with E-state index in [-0.39, 0.29) is 0 Å². The fourth-order valence-electron chi connectivity index (χ4n) is 2.62. The van der Waals surface area contributed by atoms with Crippen LogP contribution in [0.4, 0.5) is 5.82 Å². The highest BCUT2D eigenvalue weighted by molar-refractivity contribution is 5.49. The molecule has 1 N–H and O–H groups in total. The van der Waals surface area contributed by atoms with E-state index in [2.05, 4.69) is 44.0 Å². The van der Waals surface area contributed by atoms with Gasteiger partial charge in [-0.15, -0.1) is 0 Å². The molecule has 3 nitrogen and oxygen atoms in total. The molecule has 0 aliphatic heterocycles. The zero-order chi connectivity index (χ0) is 14.5. The van der Waals surface area contributed by atoms with Gasteiger partial charge < -0.3 is 10.2 Å². The van der Waals surface area contributed by atoms with Crippen LogP contribution >= 0.6 is 0 Å². The second kappa shape index (κ2) is 7.07. The summed E-state index contributed by atoms with van der Waals surface area (Å²) in [5.41, 5.74) is 2.60. The van der Waals surface area contributed by atoms with Gasteiger partial charge in [0.2, 0.25) is 0 Å². The van der Waals surface area contributed by atoms with Gasteiger partial charge in [0.25, 0.3) is 0 Å². The van der Waals surface area contributed by atoms with Gasteiger partial charge in [-0.25, -0.2) is 4.98 Å². The Labute approximate surface area is 123 Å². The maximum Gasteiger partial charge on any atom is 0.131 e. The molecule has 3 heteroatoms. The van der Waals surface area contributed by atoms with Crippen molar-refractivity contribution in [1.82, 2.24) is 10.3 Å². The summed E-state index contributed by atoms with van der Waals surface area (Å²) in [6.45, 7) is 12.1. The predicted molar refractivity (Wildman–Crippen MR) is 86.2 cm³/mol. The van der Waals surface area contributed by atoms with Crippen LogP contribution in [0.2, 0.25) is 0 Å². The first-order valence-corrected chi connectivity index (χ1v) is 8.04. The monoisotopic (exact) mass is 275 g/mol. The summed E-state index contributed by atoms with van der Waals surface area (Å²) in [6.07, 6.45) is 5.87. The van der Waals surface area contributed by atoms with Gasteiger partial charge >= 0.3 is 0 Å². The van der Waals surface area contributed by atoms with E-state index >= 15 is 0 Å². The fourth-order valence-corrected chi connectivity index (χ4v) is 2.62. The summed E-state index contributed by atoms with van der Waals surface area (Å²) in [5, 5.41) is 3.44. The number of rotatable bonds is 8. The molecule has 1 fully saturated rings. The van der Waals surface area contributed by atoms with Gasteiger partial charge in [-0.3, -0.25) is 0 Å². The van der Waals surface area contributed by atoms with Crippen molar-refractivity contribution >= 4 is 5.82 Å². The molecule has 112 valence electrons. The van der Waals surface area contributed by atoms with E-state index in [1.807, 2.05) is 6.20 Å². The lowest BCUT2D eigenvalue weighted by molar-refractivity contribution is 0.601. The first-order chi connectivity index (χ1) is 9.61. The molecular weight excluding hydrogens is 246 g/mol. The molecule has 1 aromatic heterocycles. The van der Waals surface area contributed by atoms with Crippen molar-refractivity contribution in [3.05, 3.63) is 23.4 Å². The highest BCUT2D eigenvalue weighted by Crippen LogP contribution is 2.33. The number of pyridine rings is 1. The van der Waals surface area contributed by atoms with Gasteiger partial charge in [0.05, 0.1) is 0 Å². The van der Waals surface area contributed by atoms with Crippen molar-refractivity contribution in [2.24, 2.45) is 5.92 Å². The summed E-state index contributed by atoms with van der Waals surface area (Å²) < 4.78 is 0. The summed E-state index contributed by atoms with van der Waals surface area (Å²) in [5.74, 6) is 1.88. The smallest absolute Gasteiger partial charge is 0.131 e. The van der Waals surface area contributed by atoms with Gasteiger partial charge in [-0.2, -0.15) is 0 Å². The lowest BCUT2D eigenvalue weighted by Gasteiger charge is -2.27. The van der Waals surface area contributed by atoms with Crippen LogP contribution in [0.15, 0.2) is 12.3 Å². The summed E-state index contributed by atoms with van der Waals surface area (Å²) in [6, 6.07) is 3.02.